The number of aromatic amines is 1. The van der Waals surface area contributed by atoms with Crippen molar-refractivity contribution >= 4 is 17.6 Å². The summed E-state index contributed by atoms with van der Waals surface area (Å²) < 4.78 is 0. The van der Waals surface area contributed by atoms with Gasteiger partial charge in [-0.3, -0.25) is 5.10 Å². The van der Waals surface area contributed by atoms with Gasteiger partial charge in [-0.1, -0.05) is 19.2 Å². The molecule has 0 aliphatic heterocycles. The normalized spacial score (nSPS) is 14.4. The third-order valence-electron chi connectivity index (χ3n) is 3.50. The van der Waals surface area contributed by atoms with Gasteiger partial charge in [0.05, 0.1) is 0 Å². The van der Waals surface area contributed by atoms with Crippen molar-refractivity contribution in [3.8, 4) is 0 Å². The van der Waals surface area contributed by atoms with E-state index in [1.165, 1.54) is 18.5 Å². The minimum atomic E-state index is 0.499. The predicted octanol–water partition coefficient (Wildman–Crippen LogP) is 3.80. The summed E-state index contributed by atoms with van der Waals surface area (Å²) in [5.41, 5.74) is 2.82. The van der Waals surface area contributed by atoms with E-state index in [9.17, 15) is 0 Å². The number of hydrogen-bond donors (Lipinski definition) is 3. The second kappa shape index (κ2) is 6.48. The third-order valence-corrected chi connectivity index (χ3v) is 3.50. The van der Waals surface area contributed by atoms with Gasteiger partial charge in [-0.15, -0.1) is 0 Å². The average Bonchev–Trinajstić information content (AvgIpc) is 3.27. The van der Waals surface area contributed by atoms with E-state index >= 15 is 0 Å². The maximum atomic E-state index is 4.46. The molecule has 6 nitrogen and oxygen atoms in total. The van der Waals surface area contributed by atoms with Crippen LogP contribution in [0.1, 0.15) is 30.1 Å². The first-order valence-electron chi connectivity index (χ1n) is 7.58. The van der Waals surface area contributed by atoms with Crippen LogP contribution in [0.3, 0.4) is 0 Å². The Kier molecular flexibility index (Phi) is 4.23. The minimum Gasteiger partial charge on any atom is -0.324 e. The molecule has 0 aromatic carbocycles. The van der Waals surface area contributed by atoms with E-state index in [0.29, 0.717) is 17.7 Å². The van der Waals surface area contributed by atoms with Crippen molar-refractivity contribution in [1.82, 2.24) is 20.2 Å². The van der Waals surface area contributed by atoms with E-state index in [1.807, 2.05) is 19.1 Å². The maximum absolute atomic E-state index is 4.46. The zero-order valence-corrected chi connectivity index (χ0v) is 13.1. The molecule has 0 unspecified atom stereocenters. The first kappa shape index (κ1) is 15.0. The highest BCUT2D eigenvalue weighted by molar-refractivity contribution is 5.55. The van der Waals surface area contributed by atoms with Crippen LogP contribution in [0.15, 0.2) is 49.2 Å². The summed E-state index contributed by atoms with van der Waals surface area (Å²) in [7, 11) is 0. The lowest BCUT2D eigenvalue weighted by Crippen LogP contribution is -2.05. The predicted molar refractivity (Wildman–Crippen MR) is 92.7 cm³/mol. The molecule has 0 saturated heterocycles. The van der Waals surface area contributed by atoms with Crippen LogP contribution in [0.25, 0.3) is 0 Å². The molecule has 0 atom stereocenters. The highest BCUT2D eigenvalue weighted by Crippen LogP contribution is 2.39. The van der Waals surface area contributed by atoms with Gasteiger partial charge in [0.25, 0.3) is 0 Å². The van der Waals surface area contributed by atoms with Crippen molar-refractivity contribution in [1.29, 1.82) is 0 Å². The number of anilines is 3. The molecule has 1 aliphatic carbocycles. The van der Waals surface area contributed by atoms with E-state index < -0.39 is 0 Å². The number of allylic oxidation sites excluding steroid dienone is 3. The zero-order valence-electron chi connectivity index (χ0n) is 13.1. The topological polar surface area (TPSA) is 78.5 Å². The summed E-state index contributed by atoms with van der Waals surface area (Å²) in [6, 6.07) is 3.91. The van der Waals surface area contributed by atoms with Gasteiger partial charge in [0.1, 0.15) is 5.82 Å². The molecule has 0 bridgehead atoms. The Morgan fingerprint density at radius 1 is 1.26 bits per heavy atom. The van der Waals surface area contributed by atoms with E-state index in [2.05, 4.69) is 44.0 Å². The lowest BCUT2D eigenvalue weighted by molar-refractivity contribution is 0.966. The summed E-state index contributed by atoms with van der Waals surface area (Å²) in [5, 5.41) is 13.7. The largest absolute Gasteiger partial charge is 0.324 e. The fourth-order valence-electron chi connectivity index (χ4n) is 2.24. The highest BCUT2D eigenvalue weighted by atomic mass is 15.2. The van der Waals surface area contributed by atoms with Crippen molar-refractivity contribution in [3.63, 3.8) is 0 Å². The molecule has 0 radical (unpaired) electrons. The summed E-state index contributed by atoms with van der Waals surface area (Å²) in [4.78, 5) is 8.83. The molecule has 2 aromatic heterocycles. The number of rotatable bonds is 7. The van der Waals surface area contributed by atoms with Crippen molar-refractivity contribution in [2.75, 3.05) is 10.6 Å². The van der Waals surface area contributed by atoms with Gasteiger partial charge in [0, 0.05) is 35.1 Å². The summed E-state index contributed by atoms with van der Waals surface area (Å²) in [5.74, 6) is 2.59. The third kappa shape index (κ3) is 3.85. The van der Waals surface area contributed by atoms with Crippen LogP contribution in [-0.4, -0.2) is 20.2 Å². The van der Waals surface area contributed by atoms with Crippen LogP contribution in [-0.2, 0) is 0 Å². The quantitative estimate of drug-likeness (QED) is 0.678. The Labute approximate surface area is 135 Å². The van der Waals surface area contributed by atoms with E-state index in [0.717, 1.165) is 17.2 Å². The van der Waals surface area contributed by atoms with Crippen LogP contribution in [0.2, 0.25) is 0 Å². The SMILES string of the molecule is C=C/C=C(\C=C)Nc1nc(C)cc(Nc2cc(C3CC3)[nH]n2)n1. The first-order chi connectivity index (χ1) is 11.2. The summed E-state index contributed by atoms with van der Waals surface area (Å²) in [6.45, 7) is 9.34. The number of nitrogens with zero attached hydrogens (tertiary/aromatic N) is 3. The number of aromatic nitrogens is 4. The van der Waals surface area contributed by atoms with Crippen molar-refractivity contribution in [2.45, 2.75) is 25.7 Å². The van der Waals surface area contributed by atoms with Gasteiger partial charge in [-0.2, -0.15) is 10.1 Å². The molecule has 2 aromatic rings. The molecule has 3 N–H and O–H groups in total. The summed E-state index contributed by atoms with van der Waals surface area (Å²) >= 11 is 0. The highest BCUT2D eigenvalue weighted by Gasteiger charge is 2.25. The van der Waals surface area contributed by atoms with Crippen molar-refractivity contribution < 1.29 is 0 Å². The van der Waals surface area contributed by atoms with Gasteiger partial charge < -0.3 is 10.6 Å². The molecule has 0 amide bonds. The van der Waals surface area contributed by atoms with Gasteiger partial charge in [-0.25, -0.2) is 4.98 Å². The lowest BCUT2D eigenvalue weighted by Gasteiger charge is -2.08. The molecule has 1 fully saturated rings. The standard InChI is InChI=1S/C17H20N6/c1-4-6-13(5-2)19-17-18-11(3)9-15(21-17)20-16-10-14(22-23-16)12-7-8-12/h4-6,9-10,12H,1-2,7-8H2,3H3,(H3,18,19,20,21,22,23)/b13-6+. The van der Waals surface area contributed by atoms with Crippen LogP contribution in [0.5, 0.6) is 0 Å². The monoisotopic (exact) mass is 308 g/mol. The molecule has 23 heavy (non-hydrogen) atoms. The second-order valence-electron chi connectivity index (χ2n) is 5.51. The Morgan fingerprint density at radius 3 is 2.78 bits per heavy atom. The van der Waals surface area contributed by atoms with Gasteiger partial charge in [0.2, 0.25) is 5.95 Å². The smallest absolute Gasteiger partial charge is 0.229 e. The molecule has 1 aliphatic rings. The Balaban J connectivity index is 1.77. The van der Waals surface area contributed by atoms with E-state index in [-0.39, 0.29) is 0 Å². The van der Waals surface area contributed by atoms with Crippen LogP contribution < -0.4 is 10.6 Å². The molecule has 0 spiro atoms. The van der Waals surface area contributed by atoms with Crippen molar-refractivity contribution in [3.05, 3.63) is 60.6 Å². The molecule has 118 valence electrons. The van der Waals surface area contributed by atoms with Crippen LogP contribution in [0, 0.1) is 6.92 Å². The molecule has 2 heterocycles. The van der Waals surface area contributed by atoms with Crippen molar-refractivity contribution in [2.24, 2.45) is 0 Å². The number of aryl methyl sites for hydroxylation is 1. The lowest BCUT2D eigenvalue weighted by atomic mass is 10.3. The van der Waals surface area contributed by atoms with Crippen LogP contribution >= 0.6 is 0 Å². The van der Waals surface area contributed by atoms with Gasteiger partial charge >= 0.3 is 0 Å². The Bertz CT molecular complexity index is 754. The molecular weight excluding hydrogens is 288 g/mol. The second-order valence-corrected chi connectivity index (χ2v) is 5.51. The average molecular weight is 308 g/mol. The summed E-state index contributed by atoms with van der Waals surface area (Å²) in [6.07, 6.45) is 7.66. The van der Waals surface area contributed by atoms with Crippen LogP contribution in [0.4, 0.5) is 17.6 Å². The van der Waals surface area contributed by atoms with E-state index in [1.54, 1.807) is 18.2 Å². The number of hydrogen-bond acceptors (Lipinski definition) is 5. The number of nitrogens with one attached hydrogen (secondary N) is 3. The minimum absolute atomic E-state index is 0.499. The Hall–Kier alpha value is -2.89. The molecular formula is C17H20N6. The maximum Gasteiger partial charge on any atom is 0.229 e. The fraction of sp³-hybridized carbons (Fsp3) is 0.235. The first-order valence-corrected chi connectivity index (χ1v) is 7.58. The zero-order chi connectivity index (χ0) is 16.2. The van der Waals surface area contributed by atoms with E-state index in [4.69, 9.17) is 0 Å². The molecule has 3 rings (SSSR count). The van der Waals surface area contributed by atoms with Gasteiger partial charge in [0.15, 0.2) is 5.82 Å². The molecule has 1 saturated carbocycles. The number of H-pyrrole nitrogens is 1. The van der Waals surface area contributed by atoms with Gasteiger partial charge in [-0.05, 0) is 31.9 Å². The molecule has 6 heteroatoms. The fourth-order valence-corrected chi connectivity index (χ4v) is 2.24. The Morgan fingerprint density at radius 2 is 2.09 bits per heavy atom.